The highest BCUT2D eigenvalue weighted by atomic mass is 32.1. The number of anilines is 1. The molecule has 0 radical (unpaired) electrons. The van der Waals surface area contributed by atoms with Crippen molar-refractivity contribution < 1.29 is 4.79 Å². The molecule has 0 bridgehead atoms. The molecule has 1 aromatic carbocycles. The number of nitrogens with one attached hydrogen (secondary N) is 2. The summed E-state index contributed by atoms with van der Waals surface area (Å²) in [4.78, 5) is 17.5. The highest BCUT2D eigenvalue weighted by molar-refractivity contribution is 7.11. The number of carbonyl (C=O) groups is 1. The highest BCUT2D eigenvalue weighted by Crippen LogP contribution is 2.18. The Bertz CT molecular complexity index is 857. The van der Waals surface area contributed by atoms with E-state index in [2.05, 4.69) is 31.1 Å². The highest BCUT2D eigenvalue weighted by Gasteiger charge is 2.09. The summed E-state index contributed by atoms with van der Waals surface area (Å²) in [6, 6.07) is 5.29. The van der Waals surface area contributed by atoms with Gasteiger partial charge in [0, 0.05) is 10.6 Å². The Morgan fingerprint density at radius 3 is 2.75 bits per heavy atom. The van der Waals surface area contributed by atoms with Gasteiger partial charge in [-0.1, -0.05) is 0 Å². The molecular formula is C15H17N7OS. The van der Waals surface area contributed by atoms with Crippen molar-refractivity contribution in [3.63, 3.8) is 0 Å². The van der Waals surface area contributed by atoms with Crippen molar-refractivity contribution in [2.24, 2.45) is 0 Å². The fourth-order valence-corrected chi connectivity index (χ4v) is 3.21. The molecule has 8 nitrogen and oxygen atoms in total. The summed E-state index contributed by atoms with van der Waals surface area (Å²) >= 11 is 1.59. The van der Waals surface area contributed by atoms with Crippen LogP contribution in [0.3, 0.4) is 0 Å². The summed E-state index contributed by atoms with van der Waals surface area (Å²) in [6.07, 6.45) is 1.53. The maximum Gasteiger partial charge on any atom is 0.319 e. The van der Waals surface area contributed by atoms with Crippen molar-refractivity contribution in [3.05, 3.63) is 45.7 Å². The summed E-state index contributed by atoms with van der Waals surface area (Å²) in [5.74, 6) is 0. The lowest BCUT2D eigenvalue weighted by Gasteiger charge is -2.10. The third-order valence-corrected chi connectivity index (χ3v) is 4.53. The van der Waals surface area contributed by atoms with E-state index in [1.165, 1.54) is 6.33 Å². The molecule has 3 rings (SSSR count). The van der Waals surface area contributed by atoms with Crippen LogP contribution in [0, 0.1) is 20.8 Å². The normalized spacial score (nSPS) is 10.6. The Morgan fingerprint density at radius 2 is 2.12 bits per heavy atom. The van der Waals surface area contributed by atoms with Gasteiger partial charge in [0.15, 0.2) is 0 Å². The van der Waals surface area contributed by atoms with Gasteiger partial charge >= 0.3 is 6.03 Å². The molecule has 2 N–H and O–H groups in total. The quantitative estimate of drug-likeness (QED) is 0.758. The minimum absolute atomic E-state index is 0.255. The zero-order valence-corrected chi connectivity index (χ0v) is 14.4. The summed E-state index contributed by atoms with van der Waals surface area (Å²) < 4.78 is 1.58. The van der Waals surface area contributed by atoms with Gasteiger partial charge in [-0.25, -0.2) is 14.5 Å². The van der Waals surface area contributed by atoms with Crippen molar-refractivity contribution in [2.45, 2.75) is 27.3 Å². The van der Waals surface area contributed by atoms with Gasteiger partial charge in [-0.3, -0.25) is 0 Å². The lowest BCUT2D eigenvalue weighted by molar-refractivity contribution is 0.252. The van der Waals surface area contributed by atoms with Gasteiger partial charge in [-0.2, -0.15) is 0 Å². The largest absolute Gasteiger partial charge is 0.333 e. The van der Waals surface area contributed by atoms with Crippen LogP contribution in [-0.2, 0) is 6.54 Å². The van der Waals surface area contributed by atoms with Gasteiger partial charge in [-0.05, 0) is 55.0 Å². The summed E-state index contributed by atoms with van der Waals surface area (Å²) in [5, 5.41) is 17.8. The molecule has 0 aliphatic rings. The van der Waals surface area contributed by atoms with Gasteiger partial charge in [0.25, 0.3) is 0 Å². The molecule has 0 spiro atoms. The monoisotopic (exact) mass is 343 g/mol. The molecule has 0 unspecified atom stereocenters. The first-order valence-corrected chi connectivity index (χ1v) is 8.16. The van der Waals surface area contributed by atoms with Crippen LogP contribution in [0.2, 0.25) is 0 Å². The van der Waals surface area contributed by atoms with E-state index in [1.807, 2.05) is 39.0 Å². The van der Waals surface area contributed by atoms with Crippen molar-refractivity contribution in [3.8, 4) is 5.69 Å². The van der Waals surface area contributed by atoms with Crippen LogP contribution in [0.1, 0.15) is 21.1 Å². The summed E-state index contributed by atoms with van der Waals surface area (Å²) in [5.41, 5.74) is 3.48. The molecule has 0 aliphatic carbocycles. The number of tetrazole rings is 1. The Labute approximate surface area is 142 Å². The van der Waals surface area contributed by atoms with Crippen molar-refractivity contribution in [1.29, 1.82) is 0 Å². The van der Waals surface area contributed by atoms with Crippen LogP contribution in [-0.4, -0.2) is 31.2 Å². The molecule has 0 saturated carbocycles. The standard InChI is InChI=1S/C15H17N7OS/c1-9-6-12(4-5-13(9)22-8-17-20-21-22)19-15(23)16-7-14-10(2)18-11(3)24-14/h4-6,8H,7H2,1-3H3,(H2,16,19,23). The minimum atomic E-state index is -0.255. The third-order valence-electron chi connectivity index (χ3n) is 3.46. The van der Waals surface area contributed by atoms with E-state index in [0.717, 1.165) is 26.8 Å². The SMILES string of the molecule is Cc1nc(C)c(CNC(=O)Nc2ccc(-n3cnnn3)c(C)c2)s1. The Kier molecular flexibility index (Phi) is 4.52. The zero-order valence-electron chi connectivity index (χ0n) is 13.6. The van der Waals surface area contributed by atoms with E-state index in [1.54, 1.807) is 16.0 Å². The van der Waals surface area contributed by atoms with Gasteiger partial charge in [0.05, 0.1) is 22.9 Å². The van der Waals surface area contributed by atoms with E-state index in [0.29, 0.717) is 12.2 Å². The molecule has 3 aromatic rings. The van der Waals surface area contributed by atoms with Crippen molar-refractivity contribution in [1.82, 2.24) is 30.5 Å². The molecule has 9 heteroatoms. The lowest BCUT2D eigenvalue weighted by Crippen LogP contribution is -2.28. The number of hydrogen-bond acceptors (Lipinski definition) is 6. The van der Waals surface area contributed by atoms with Crippen LogP contribution in [0.4, 0.5) is 10.5 Å². The van der Waals surface area contributed by atoms with Crippen molar-refractivity contribution in [2.75, 3.05) is 5.32 Å². The predicted octanol–water partition coefficient (Wildman–Crippen LogP) is 2.37. The number of rotatable bonds is 4. The number of nitrogens with zero attached hydrogens (tertiary/aromatic N) is 5. The maximum atomic E-state index is 12.1. The number of benzene rings is 1. The maximum absolute atomic E-state index is 12.1. The molecule has 0 atom stereocenters. The van der Waals surface area contributed by atoms with E-state index >= 15 is 0 Å². The molecule has 2 amide bonds. The average molecular weight is 343 g/mol. The van der Waals surface area contributed by atoms with Gasteiger partial charge in [-0.15, -0.1) is 16.4 Å². The number of thiazole rings is 1. The van der Waals surface area contributed by atoms with Gasteiger partial charge in [0.1, 0.15) is 6.33 Å². The number of carbonyl (C=O) groups excluding carboxylic acids is 1. The molecule has 0 aliphatic heterocycles. The first kappa shape index (κ1) is 16.1. The van der Waals surface area contributed by atoms with Crippen LogP contribution < -0.4 is 10.6 Å². The molecule has 0 fully saturated rings. The first-order chi connectivity index (χ1) is 11.5. The van der Waals surface area contributed by atoms with E-state index in [9.17, 15) is 4.79 Å². The first-order valence-electron chi connectivity index (χ1n) is 7.34. The fourth-order valence-electron chi connectivity index (χ4n) is 2.34. The number of hydrogen-bond donors (Lipinski definition) is 2. The molecule has 0 saturated heterocycles. The second-order valence-electron chi connectivity index (χ2n) is 5.30. The predicted molar refractivity (Wildman–Crippen MR) is 91.3 cm³/mol. The Balaban J connectivity index is 1.62. The topological polar surface area (TPSA) is 97.6 Å². The van der Waals surface area contributed by atoms with Crippen LogP contribution in [0.25, 0.3) is 5.69 Å². The van der Waals surface area contributed by atoms with Crippen molar-refractivity contribution >= 4 is 23.1 Å². The van der Waals surface area contributed by atoms with Crippen LogP contribution >= 0.6 is 11.3 Å². The number of amides is 2. The number of aromatic nitrogens is 5. The second kappa shape index (κ2) is 6.75. The van der Waals surface area contributed by atoms with E-state index in [4.69, 9.17) is 0 Å². The lowest BCUT2D eigenvalue weighted by atomic mass is 10.2. The fraction of sp³-hybridized carbons (Fsp3) is 0.267. The van der Waals surface area contributed by atoms with Gasteiger partial charge < -0.3 is 10.6 Å². The smallest absolute Gasteiger partial charge is 0.319 e. The van der Waals surface area contributed by atoms with E-state index in [-0.39, 0.29) is 6.03 Å². The molecule has 24 heavy (non-hydrogen) atoms. The van der Waals surface area contributed by atoms with Gasteiger partial charge in [0.2, 0.25) is 0 Å². The molecule has 124 valence electrons. The van der Waals surface area contributed by atoms with Crippen LogP contribution in [0.15, 0.2) is 24.5 Å². The molecular weight excluding hydrogens is 326 g/mol. The second-order valence-corrected chi connectivity index (χ2v) is 6.59. The Hall–Kier alpha value is -2.81. The van der Waals surface area contributed by atoms with E-state index < -0.39 is 0 Å². The summed E-state index contributed by atoms with van der Waals surface area (Å²) in [6.45, 7) is 6.30. The number of urea groups is 1. The molecule has 2 aromatic heterocycles. The minimum Gasteiger partial charge on any atom is -0.333 e. The number of aryl methyl sites for hydroxylation is 3. The van der Waals surface area contributed by atoms with Crippen LogP contribution in [0.5, 0.6) is 0 Å². The molecule has 2 heterocycles. The average Bonchev–Trinajstić information content (AvgIpc) is 3.15. The zero-order chi connectivity index (χ0) is 17.1. The third kappa shape index (κ3) is 3.57. The summed E-state index contributed by atoms with van der Waals surface area (Å²) in [7, 11) is 0. The Morgan fingerprint density at radius 1 is 1.29 bits per heavy atom.